The van der Waals surface area contributed by atoms with E-state index in [0.29, 0.717) is 6.54 Å². The lowest BCUT2D eigenvalue weighted by Crippen LogP contribution is -2.45. The Morgan fingerprint density at radius 1 is 1.59 bits per heavy atom. The van der Waals surface area contributed by atoms with Crippen LogP contribution in [0.3, 0.4) is 0 Å². The second-order valence-corrected chi connectivity index (χ2v) is 6.89. The Balaban J connectivity index is 1.76. The molecule has 2 bridgehead atoms. The number of amides is 1. The minimum atomic E-state index is -1.19. The van der Waals surface area contributed by atoms with Crippen LogP contribution < -0.4 is 5.11 Å². The Labute approximate surface area is 130 Å². The van der Waals surface area contributed by atoms with E-state index in [9.17, 15) is 14.7 Å². The fourth-order valence-corrected chi connectivity index (χ4v) is 3.94. The molecule has 3 aliphatic heterocycles. The lowest BCUT2D eigenvalue weighted by Gasteiger charge is -2.27. The number of likely N-dealkylation sites (tertiary alicyclic amines) is 1. The smallest absolute Gasteiger partial charge is 0.230 e. The quantitative estimate of drug-likeness (QED) is 0.699. The van der Waals surface area contributed by atoms with Crippen LogP contribution in [0.2, 0.25) is 0 Å². The van der Waals surface area contributed by atoms with Crippen LogP contribution in [0.4, 0.5) is 0 Å². The van der Waals surface area contributed by atoms with Gasteiger partial charge in [0.2, 0.25) is 5.91 Å². The third-order valence-corrected chi connectivity index (χ3v) is 5.07. The number of ether oxygens (including phenoxy) is 1. The second kappa shape index (κ2) is 5.23. The molecule has 0 aromatic heterocycles. The highest BCUT2D eigenvalue weighted by Crippen LogP contribution is 2.52. The third-order valence-electron chi connectivity index (χ3n) is 5.07. The number of carboxylic acid groups (broad SMARTS) is 1. The Hall–Kier alpha value is -1.62. The van der Waals surface area contributed by atoms with Crippen molar-refractivity contribution in [2.24, 2.45) is 11.8 Å². The van der Waals surface area contributed by atoms with Crippen LogP contribution in [0.5, 0.6) is 0 Å². The Morgan fingerprint density at radius 3 is 2.95 bits per heavy atom. The van der Waals surface area contributed by atoms with Gasteiger partial charge in [-0.1, -0.05) is 23.8 Å². The molecule has 3 heterocycles. The van der Waals surface area contributed by atoms with Crippen LogP contribution in [0, 0.1) is 11.8 Å². The van der Waals surface area contributed by atoms with E-state index in [1.807, 2.05) is 13.0 Å². The molecule has 120 valence electrons. The van der Waals surface area contributed by atoms with Crippen LogP contribution in [-0.4, -0.2) is 41.1 Å². The molecule has 3 rings (SSSR count). The highest BCUT2D eigenvalue weighted by molar-refractivity contribution is 5.90. The Morgan fingerprint density at radius 2 is 2.32 bits per heavy atom. The molecule has 22 heavy (non-hydrogen) atoms. The summed E-state index contributed by atoms with van der Waals surface area (Å²) in [6.07, 6.45) is 7.06. The van der Waals surface area contributed by atoms with E-state index >= 15 is 0 Å². The number of rotatable bonds is 5. The predicted molar refractivity (Wildman–Crippen MR) is 78.6 cm³/mol. The van der Waals surface area contributed by atoms with Gasteiger partial charge in [0.15, 0.2) is 0 Å². The number of aliphatic carboxylic acids is 1. The van der Waals surface area contributed by atoms with Gasteiger partial charge in [0, 0.05) is 17.9 Å². The molecule has 0 aliphatic carbocycles. The SMILES string of the molecule is CC(C)=CCC[C@H](C)N1C[C@@]23C=C[C@H](O2)[C@H](C(=O)[O-])[C@@H]3C1=O. The van der Waals surface area contributed by atoms with Gasteiger partial charge in [-0.05, 0) is 33.6 Å². The predicted octanol–water partition coefficient (Wildman–Crippen LogP) is 0.653. The van der Waals surface area contributed by atoms with E-state index in [1.54, 1.807) is 11.0 Å². The Kier molecular flexibility index (Phi) is 3.63. The number of carbonyl (C=O) groups is 2. The van der Waals surface area contributed by atoms with Gasteiger partial charge in [-0.25, -0.2) is 0 Å². The van der Waals surface area contributed by atoms with Crippen LogP contribution in [-0.2, 0) is 14.3 Å². The first-order valence-corrected chi connectivity index (χ1v) is 7.87. The van der Waals surface area contributed by atoms with E-state index in [4.69, 9.17) is 4.74 Å². The first-order chi connectivity index (χ1) is 10.4. The molecule has 1 spiro atoms. The Bertz CT molecular complexity index is 563. The number of carboxylic acids is 1. The van der Waals surface area contributed by atoms with E-state index in [-0.39, 0.29) is 11.9 Å². The van der Waals surface area contributed by atoms with Gasteiger partial charge in [-0.15, -0.1) is 0 Å². The average molecular weight is 304 g/mol. The molecule has 1 amide bonds. The topological polar surface area (TPSA) is 69.7 Å². The highest BCUT2D eigenvalue weighted by Gasteiger charge is 2.65. The monoisotopic (exact) mass is 304 g/mol. The van der Waals surface area contributed by atoms with Crippen LogP contribution in [0.25, 0.3) is 0 Å². The highest BCUT2D eigenvalue weighted by atomic mass is 16.5. The molecular formula is C17H22NO4-. The van der Waals surface area contributed by atoms with Crippen molar-refractivity contribution in [2.45, 2.75) is 51.4 Å². The molecule has 0 radical (unpaired) electrons. The number of fused-ring (bicyclic) bond motifs is 1. The number of carbonyl (C=O) groups excluding carboxylic acids is 2. The zero-order chi connectivity index (χ0) is 16.1. The number of allylic oxidation sites excluding steroid dienone is 2. The second-order valence-electron chi connectivity index (χ2n) is 6.89. The van der Waals surface area contributed by atoms with Crippen molar-refractivity contribution < 1.29 is 19.4 Å². The minimum absolute atomic E-state index is 0.0709. The summed E-state index contributed by atoms with van der Waals surface area (Å²) in [7, 11) is 0. The maximum absolute atomic E-state index is 12.7. The third kappa shape index (κ3) is 2.19. The number of hydrogen-bond acceptors (Lipinski definition) is 4. The lowest BCUT2D eigenvalue weighted by molar-refractivity contribution is -0.313. The average Bonchev–Trinajstić information content (AvgIpc) is 3.06. The fourth-order valence-electron chi connectivity index (χ4n) is 3.94. The van der Waals surface area contributed by atoms with Gasteiger partial charge in [-0.2, -0.15) is 0 Å². The normalized spacial score (nSPS) is 36.6. The molecule has 5 atom stereocenters. The van der Waals surface area contributed by atoms with E-state index in [0.717, 1.165) is 12.8 Å². The molecule has 0 saturated carbocycles. The number of hydrogen-bond donors (Lipinski definition) is 0. The van der Waals surface area contributed by atoms with Crippen molar-refractivity contribution in [3.05, 3.63) is 23.8 Å². The molecule has 5 heteroatoms. The van der Waals surface area contributed by atoms with Gasteiger partial charge in [0.1, 0.15) is 5.60 Å². The lowest BCUT2D eigenvalue weighted by atomic mass is 9.77. The largest absolute Gasteiger partial charge is 0.550 e. The van der Waals surface area contributed by atoms with Crippen molar-refractivity contribution in [2.75, 3.05) is 6.54 Å². The van der Waals surface area contributed by atoms with Crippen LogP contribution >= 0.6 is 0 Å². The van der Waals surface area contributed by atoms with Crippen molar-refractivity contribution in [1.29, 1.82) is 0 Å². The van der Waals surface area contributed by atoms with Crippen molar-refractivity contribution >= 4 is 11.9 Å². The summed E-state index contributed by atoms with van der Waals surface area (Å²) >= 11 is 0. The molecular weight excluding hydrogens is 282 g/mol. The summed E-state index contributed by atoms with van der Waals surface area (Å²) in [5.41, 5.74) is 0.509. The first kappa shape index (κ1) is 15.3. The molecule has 2 saturated heterocycles. The van der Waals surface area contributed by atoms with Gasteiger partial charge in [-0.3, -0.25) is 4.79 Å². The first-order valence-electron chi connectivity index (χ1n) is 7.87. The standard InChI is InChI=1S/C17H23NO4/c1-10(2)5-4-6-11(3)18-9-17-8-7-12(22-17)13(16(20)21)14(17)15(18)19/h5,7-8,11-14H,4,6,9H2,1-3H3,(H,20,21)/p-1/t11-,12-,13-,14+,17+/m0/s1. The van der Waals surface area contributed by atoms with E-state index in [2.05, 4.69) is 19.9 Å². The summed E-state index contributed by atoms with van der Waals surface area (Å²) in [5.74, 6) is -2.77. The minimum Gasteiger partial charge on any atom is -0.550 e. The van der Waals surface area contributed by atoms with Crippen LogP contribution in [0.15, 0.2) is 23.8 Å². The summed E-state index contributed by atoms with van der Waals surface area (Å²) in [4.78, 5) is 25.9. The molecule has 2 fully saturated rings. The summed E-state index contributed by atoms with van der Waals surface area (Å²) in [5, 5.41) is 11.4. The molecule has 0 aromatic rings. The van der Waals surface area contributed by atoms with Gasteiger partial charge >= 0.3 is 0 Å². The molecule has 3 aliphatic rings. The van der Waals surface area contributed by atoms with Gasteiger partial charge in [0.05, 0.1) is 18.6 Å². The number of nitrogens with zero attached hydrogens (tertiary/aromatic N) is 1. The molecule has 0 unspecified atom stereocenters. The van der Waals surface area contributed by atoms with Crippen molar-refractivity contribution in [1.82, 2.24) is 4.90 Å². The zero-order valence-corrected chi connectivity index (χ0v) is 13.2. The van der Waals surface area contributed by atoms with Gasteiger partial charge < -0.3 is 19.5 Å². The summed E-state index contributed by atoms with van der Waals surface area (Å²) in [6, 6.07) is 0.0709. The van der Waals surface area contributed by atoms with Crippen molar-refractivity contribution in [3.63, 3.8) is 0 Å². The molecule has 0 N–H and O–H groups in total. The molecule has 0 aromatic carbocycles. The maximum atomic E-state index is 12.7. The van der Waals surface area contributed by atoms with Gasteiger partial charge in [0.25, 0.3) is 0 Å². The fraction of sp³-hybridized carbons (Fsp3) is 0.647. The summed E-state index contributed by atoms with van der Waals surface area (Å²) in [6.45, 7) is 6.56. The van der Waals surface area contributed by atoms with E-state index < -0.39 is 29.5 Å². The van der Waals surface area contributed by atoms with Crippen LogP contribution in [0.1, 0.15) is 33.6 Å². The maximum Gasteiger partial charge on any atom is 0.230 e. The molecule has 5 nitrogen and oxygen atoms in total. The zero-order valence-electron chi connectivity index (χ0n) is 13.2. The van der Waals surface area contributed by atoms with E-state index in [1.165, 1.54) is 5.57 Å². The van der Waals surface area contributed by atoms with Crippen molar-refractivity contribution in [3.8, 4) is 0 Å². The summed E-state index contributed by atoms with van der Waals surface area (Å²) < 4.78 is 5.84.